The van der Waals surface area contributed by atoms with Crippen LogP contribution in [-0.2, 0) is 11.3 Å². The second-order valence-corrected chi connectivity index (χ2v) is 7.47. The van der Waals surface area contributed by atoms with Crippen molar-refractivity contribution in [1.82, 2.24) is 19.7 Å². The summed E-state index contributed by atoms with van der Waals surface area (Å²) in [5.74, 6) is 0.876. The maximum Gasteiger partial charge on any atom is 0.330 e. The van der Waals surface area contributed by atoms with Gasteiger partial charge in [-0.2, -0.15) is 4.98 Å². The average molecular weight is 460 g/mol. The minimum absolute atomic E-state index is 0.0406. The highest BCUT2D eigenvalue weighted by molar-refractivity contribution is 6.30. The van der Waals surface area contributed by atoms with Gasteiger partial charge >= 0.3 is 5.69 Å². The first-order valence-electron chi connectivity index (χ1n) is 10.5. The summed E-state index contributed by atoms with van der Waals surface area (Å²) in [6.45, 7) is 7.64. The molecule has 0 unspecified atom stereocenters. The van der Waals surface area contributed by atoms with Crippen LogP contribution in [-0.4, -0.2) is 32.5 Å². The van der Waals surface area contributed by atoms with Crippen LogP contribution in [0.25, 0.3) is 0 Å². The number of nitrogens with zero attached hydrogens (tertiary/aromatic N) is 4. The first kappa shape index (κ1) is 23.6. The Morgan fingerprint density at radius 2 is 2.00 bits per heavy atom. The summed E-state index contributed by atoms with van der Waals surface area (Å²) in [6.07, 6.45) is 2.13. The molecule has 3 heterocycles. The SMILES string of the molecule is C/C=N\c1[nH]c(=O)n(Cc2nc([C@@H]3CO[C@@H](c4ccc(Cl)cc4)C3)no2)c(=O)c1C.CC. The van der Waals surface area contributed by atoms with E-state index in [4.69, 9.17) is 20.9 Å². The number of H-pyrrole nitrogens is 1. The zero-order chi connectivity index (χ0) is 23.3. The molecule has 32 heavy (non-hydrogen) atoms. The molecule has 2 aromatic heterocycles. The molecule has 170 valence electrons. The van der Waals surface area contributed by atoms with Crippen molar-refractivity contribution in [3.05, 3.63) is 73.0 Å². The van der Waals surface area contributed by atoms with Crippen LogP contribution in [0.1, 0.15) is 62.1 Å². The minimum Gasteiger partial charge on any atom is -0.373 e. The van der Waals surface area contributed by atoms with E-state index in [9.17, 15) is 9.59 Å². The fourth-order valence-electron chi connectivity index (χ4n) is 3.41. The van der Waals surface area contributed by atoms with Gasteiger partial charge in [-0.25, -0.2) is 9.79 Å². The van der Waals surface area contributed by atoms with Crippen LogP contribution in [0.3, 0.4) is 0 Å². The molecule has 4 rings (SSSR count). The average Bonchev–Trinajstić information content (AvgIpc) is 3.47. The molecule has 0 bridgehead atoms. The van der Waals surface area contributed by atoms with Gasteiger partial charge in [-0.3, -0.25) is 14.3 Å². The number of halogens is 1. The Bertz CT molecular complexity index is 1200. The van der Waals surface area contributed by atoms with Gasteiger partial charge in [0, 0.05) is 17.2 Å². The largest absolute Gasteiger partial charge is 0.373 e. The van der Waals surface area contributed by atoms with Crippen molar-refractivity contribution >= 4 is 23.6 Å². The molecular weight excluding hydrogens is 434 g/mol. The van der Waals surface area contributed by atoms with E-state index in [0.717, 1.165) is 10.1 Å². The highest BCUT2D eigenvalue weighted by Gasteiger charge is 2.31. The molecule has 9 nitrogen and oxygen atoms in total. The Hall–Kier alpha value is -3.04. The molecule has 1 aliphatic rings. The lowest BCUT2D eigenvalue weighted by molar-refractivity contribution is 0.110. The summed E-state index contributed by atoms with van der Waals surface area (Å²) in [5, 5.41) is 4.70. The molecule has 2 atom stereocenters. The lowest BCUT2D eigenvalue weighted by Crippen LogP contribution is -2.36. The Morgan fingerprint density at radius 3 is 2.69 bits per heavy atom. The van der Waals surface area contributed by atoms with Crippen molar-refractivity contribution in [3.63, 3.8) is 0 Å². The van der Waals surface area contributed by atoms with Crippen molar-refractivity contribution in [2.75, 3.05) is 6.61 Å². The smallest absolute Gasteiger partial charge is 0.330 e. The topological polar surface area (TPSA) is 115 Å². The van der Waals surface area contributed by atoms with E-state index in [1.54, 1.807) is 13.8 Å². The van der Waals surface area contributed by atoms with Crippen molar-refractivity contribution in [3.8, 4) is 0 Å². The molecule has 0 spiro atoms. The normalized spacial score (nSPS) is 18.0. The second kappa shape index (κ2) is 10.5. The molecule has 1 N–H and O–H groups in total. The fourth-order valence-corrected chi connectivity index (χ4v) is 3.54. The number of aromatic nitrogens is 4. The number of aliphatic imine (C=N–C) groups is 1. The Morgan fingerprint density at radius 1 is 1.28 bits per heavy atom. The van der Waals surface area contributed by atoms with Gasteiger partial charge in [-0.05, 0) is 38.0 Å². The van der Waals surface area contributed by atoms with Crippen LogP contribution in [0.2, 0.25) is 5.02 Å². The summed E-state index contributed by atoms with van der Waals surface area (Å²) in [4.78, 5) is 35.8. The van der Waals surface area contributed by atoms with Gasteiger partial charge in [0.25, 0.3) is 5.56 Å². The zero-order valence-corrected chi connectivity index (χ0v) is 19.2. The van der Waals surface area contributed by atoms with Crippen LogP contribution < -0.4 is 11.2 Å². The summed E-state index contributed by atoms with van der Waals surface area (Å²) in [6, 6.07) is 7.53. The Labute approximate surface area is 190 Å². The van der Waals surface area contributed by atoms with Gasteiger partial charge in [-0.1, -0.05) is 42.7 Å². The lowest BCUT2D eigenvalue weighted by atomic mass is 10.0. The van der Waals surface area contributed by atoms with Gasteiger partial charge in [0.2, 0.25) is 5.89 Å². The first-order chi connectivity index (χ1) is 15.5. The molecule has 1 aliphatic heterocycles. The molecular formula is C22H26ClN5O4. The fraction of sp³-hybridized carbons (Fsp3) is 0.409. The van der Waals surface area contributed by atoms with Crippen molar-refractivity contribution in [2.24, 2.45) is 4.99 Å². The Kier molecular flexibility index (Phi) is 7.76. The van der Waals surface area contributed by atoms with Crippen molar-refractivity contribution in [2.45, 2.75) is 52.7 Å². The van der Waals surface area contributed by atoms with Crippen LogP contribution in [0, 0.1) is 6.92 Å². The van der Waals surface area contributed by atoms with Crippen LogP contribution in [0.15, 0.2) is 43.4 Å². The Balaban J connectivity index is 0.00000141. The van der Waals surface area contributed by atoms with E-state index < -0.39 is 11.2 Å². The lowest BCUT2D eigenvalue weighted by Gasteiger charge is -2.09. The summed E-state index contributed by atoms with van der Waals surface area (Å²) < 4.78 is 12.2. The van der Waals surface area contributed by atoms with E-state index in [0.29, 0.717) is 29.4 Å². The number of benzene rings is 1. The number of hydrogen-bond donors (Lipinski definition) is 1. The molecule has 3 aromatic rings. The number of ether oxygens (including phenoxy) is 1. The minimum atomic E-state index is -0.585. The van der Waals surface area contributed by atoms with Gasteiger partial charge in [0.1, 0.15) is 12.4 Å². The molecule has 0 radical (unpaired) electrons. The maximum atomic E-state index is 12.5. The molecule has 10 heteroatoms. The number of hydrogen-bond acceptors (Lipinski definition) is 7. The van der Waals surface area contributed by atoms with Crippen molar-refractivity contribution in [1.29, 1.82) is 0 Å². The molecule has 0 amide bonds. The van der Waals surface area contributed by atoms with Gasteiger partial charge < -0.3 is 9.26 Å². The van der Waals surface area contributed by atoms with Gasteiger partial charge in [0.05, 0.1) is 18.3 Å². The summed E-state index contributed by atoms with van der Waals surface area (Å²) in [5.41, 5.74) is 0.334. The zero-order valence-electron chi connectivity index (χ0n) is 18.5. The third kappa shape index (κ3) is 5.05. The van der Waals surface area contributed by atoms with Crippen LogP contribution >= 0.6 is 11.6 Å². The van der Waals surface area contributed by atoms with Crippen LogP contribution in [0.5, 0.6) is 0 Å². The third-order valence-corrected chi connectivity index (χ3v) is 5.28. The monoisotopic (exact) mass is 459 g/mol. The molecule has 0 aliphatic carbocycles. The van der Waals surface area contributed by atoms with E-state index in [1.807, 2.05) is 38.1 Å². The highest BCUT2D eigenvalue weighted by atomic mass is 35.5. The number of nitrogens with one attached hydrogen (secondary N) is 1. The maximum absolute atomic E-state index is 12.5. The molecule has 1 saturated heterocycles. The second-order valence-electron chi connectivity index (χ2n) is 7.03. The molecule has 1 aromatic carbocycles. The van der Waals surface area contributed by atoms with Crippen molar-refractivity contribution < 1.29 is 9.26 Å². The third-order valence-electron chi connectivity index (χ3n) is 5.03. The van der Waals surface area contributed by atoms with E-state index in [1.165, 1.54) is 6.21 Å². The number of aromatic amines is 1. The molecule has 1 fully saturated rings. The quantitative estimate of drug-likeness (QED) is 0.578. The standard InChI is InChI=1S/C20H20ClN5O4.C2H6/c1-3-22-17-11(2)19(27)26(20(28)24-17)9-16-23-18(25-30-16)13-8-15(29-10-13)12-4-6-14(21)7-5-12;1-2/h3-7,13,15H,8-10H2,1-2H3,(H,24,28);1-2H3/b22-3-;/t13-,15+;/m0./s1. The summed E-state index contributed by atoms with van der Waals surface area (Å²) >= 11 is 5.94. The van der Waals surface area contributed by atoms with E-state index in [-0.39, 0.29) is 30.3 Å². The van der Waals surface area contributed by atoms with E-state index in [2.05, 4.69) is 20.1 Å². The number of rotatable bonds is 5. The first-order valence-corrected chi connectivity index (χ1v) is 10.9. The van der Waals surface area contributed by atoms with Crippen LogP contribution in [0.4, 0.5) is 5.82 Å². The molecule has 0 saturated carbocycles. The predicted octanol–water partition coefficient (Wildman–Crippen LogP) is 3.92. The predicted molar refractivity (Wildman–Crippen MR) is 122 cm³/mol. The van der Waals surface area contributed by atoms with Gasteiger partial charge in [-0.15, -0.1) is 0 Å². The van der Waals surface area contributed by atoms with E-state index >= 15 is 0 Å². The highest BCUT2D eigenvalue weighted by Crippen LogP contribution is 2.37. The summed E-state index contributed by atoms with van der Waals surface area (Å²) in [7, 11) is 0. The van der Waals surface area contributed by atoms with Gasteiger partial charge in [0.15, 0.2) is 5.82 Å².